The summed E-state index contributed by atoms with van der Waals surface area (Å²) in [6.45, 7) is 5.05. The molecule has 0 aliphatic heterocycles. The topological polar surface area (TPSA) is 207 Å². The number of tetrazole rings is 1. The number of carbonyl (C=O) groups is 2. The maximum atomic E-state index is 12.2. The first-order chi connectivity index (χ1) is 22.5. The number of aryl methyl sites for hydroxylation is 1. The van der Waals surface area contributed by atoms with Crippen molar-refractivity contribution >= 4 is 12.1 Å². The molecule has 0 radical (unpaired) electrons. The standard InChI is InChI=1S/C31H37N7O9/c1-4-10-25-32-27(31(2,3)42)26(29(39)40)36(25)19-21-13-15-22(16-14-21)23-11-6-7-12-24(23)28-33-35-37(34-28)20-46-30(41)45-17-8-5-9-18-47-38(43)44/h6-7,11-16,42H,4-5,8-10,17-20H2,1-3H3,(H,39,40). The zero-order valence-corrected chi connectivity index (χ0v) is 26.4. The van der Waals surface area contributed by atoms with Crippen molar-refractivity contribution in [2.75, 3.05) is 13.2 Å². The molecular formula is C31H37N7O9. The highest BCUT2D eigenvalue weighted by molar-refractivity contribution is 5.87. The third-order valence-electron chi connectivity index (χ3n) is 7.03. The number of aliphatic hydroxyl groups is 1. The molecule has 250 valence electrons. The van der Waals surface area contributed by atoms with Gasteiger partial charge in [-0.2, -0.15) is 0 Å². The normalized spacial score (nSPS) is 11.3. The Morgan fingerprint density at radius 1 is 1.00 bits per heavy atom. The average molecular weight is 652 g/mol. The first kappa shape index (κ1) is 34.5. The zero-order chi connectivity index (χ0) is 34.0. The Bertz CT molecular complexity index is 1680. The molecule has 4 aromatic rings. The molecule has 2 N–H and O–H groups in total. The number of hydrogen-bond donors (Lipinski definition) is 2. The van der Waals surface area contributed by atoms with E-state index in [0.717, 1.165) is 27.9 Å². The van der Waals surface area contributed by atoms with E-state index in [9.17, 15) is 29.9 Å². The lowest BCUT2D eigenvalue weighted by Gasteiger charge is -2.16. The average Bonchev–Trinajstić information content (AvgIpc) is 3.65. The summed E-state index contributed by atoms with van der Waals surface area (Å²) in [5, 5.41) is 42.3. The van der Waals surface area contributed by atoms with E-state index in [1.54, 1.807) is 4.57 Å². The number of benzene rings is 2. The molecule has 0 bridgehead atoms. The molecule has 0 aliphatic rings. The van der Waals surface area contributed by atoms with Crippen LogP contribution in [0.4, 0.5) is 4.79 Å². The van der Waals surface area contributed by atoms with Gasteiger partial charge in [-0.25, -0.2) is 14.6 Å². The van der Waals surface area contributed by atoms with Gasteiger partial charge in [-0.1, -0.05) is 55.5 Å². The summed E-state index contributed by atoms with van der Waals surface area (Å²) in [7, 11) is 0. The van der Waals surface area contributed by atoms with Crippen LogP contribution in [-0.2, 0) is 39.6 Å². The lowest BCUT2D eigenvalue weighted by molar-refractivity contribution is -0.757. The molecule has 4 rings (SSSR count). The molecular weight excluding hydrogens is 614 g/mol. The lowest BCUT2D eigenvalue weighted by Crippen LogP contribution is -2.22. The highest BCUT2D eigenvalue weighted by atomic mass is 16.9. The van der Waals surface area contributed by atoms with Crippen LogP contribution in [0.1, 0.15) is 74.0 Å². The number of carboxylic acid groups (broad SMARTS) is 1. The molecule has 0 aliphatic carbocycles. The molecule has 0 saturated heterocycles. The minimum Gasteiger partial charge on any atom is -0.477 e. The second-order valence-electron chi connectivity index (χ2n) is 11.1. The van der Waals surface area contributed by atoms with Crippen LogP contribution in [0.15, 0.2) is 48.5 Å². The van der Waals surface area contributed by atoms with Crippen molar-refractivity contribution in [3.05, 3.63) is 81.4 Å². The Hall–Kier alpha value is -5.38. The molecule has 16 heteroatoms. The SMILES string of the molecule is CCCc1nc(C(C)(C)O)c(C(=O)O)n1Cc1ccc(-c2ccccc2-c2nnn(COC(=O)OCCCCCO[N+](=O)[O-])n2)cc1. The van der Waals surface area contributed by atoms with Gasteiger partial charge in [0.2, 0.25) is 12.6 Å². The fraction of sp³-hybridized carbons (Fsp3) is 0.419. The fourth-order valence-corrected chi connectivity index (χ4v) is 4.86. The van der Waals surface area contributed by atoms with Gasteiger partial charge >= 0.3 is 12.1 Å². The third kappa shape index (κ3) is 9.32. The van der Waals surface area contributed by atoms with Crippen LogP contribution in [0.2, 0.25) is 0 Å². The number of unbranched alkanes of at least 4 members (excludes halogenated alkanes) is 2. The maximum absolute atomic E-state index is 12.2. The largest absolute Gasteiger partial charge is 0.510 e. The van der Waals surface area contributed by atoms with Crippen molar-refractivity contribution in [2.24, 2.45) is 0 Å². The zero-order valence-electron chi connectivity index (χ0n) is 26.4. The van der Waals surface area contributed by atoms with Gasteiger partial charge in [0.15, 0.2) is 5.69 Å². The number of hydrogen-bond acceptors (Lipinski definition) is 12. The highest BCUT2D eigenvalue weighted by Crippen LogP contribution is 2.31. The van der Waals surface area contributed by atoms with Crippen LogP contribution >= 0.6 is 0 Å². The van der Waals surface area contributed by atoms with Crippen LogP contribution in [0, 0.1) is 10.1 Å². The maximum Gasteiger partial charge on any atom is 0.510 e. The van der Waals surface area contributed by atoms with Crippen LogP contribution in [-0.4, -0.2) is 70.4 Å². The molecule has 16 nitrogen and oxygen atoms in total. The van der Waals surface area contributed by atoms with Gasteiger partial charge in [0.1, 0.15) is 17.1 Å². The van der Waals surface area contributed by atoms with E-state index < -0.39 is 22.8 Å². The lowest BCUT2D eigenvalue weighted by atomic mass is 9.98. The molecule has 0 spiro atoms. The second-order valence-corrected chi connectivity index (χ2v) is 11.1. The van der Waals surface area contributed by atoms with Gasteiger partial charge in [-0.3, -0.25) is 0 Å². The predicted molar refractivity (Wildman–Crippen MR) is 165 cm³/mol. The van der Waals surface area contributed by atoms with Crippen molar-refractivity contribution in [3.63, 3.8) is 0 Å². The Morgan fingerprint density at radius 2 is 1.70 bits per heavy atom. The molecule has 2 heterocycles. The number of aromatic carboxylic acids is 1. The van der Waals surface area contributed by atoms with Gasteiger partial charge in [-0.15, -0.1) is 25.1 Å². The molecule has 0 saturated carbocycles. The van der Waals surface area contributed by atoms with Crippen LogP contribution in [0.25, 0.3) is 22.5 Å². The molecule has 2 aromatic heterocycles. The van der Waals surface area contributed by atoms with E-state index in [1.807, 2.05) is 55.5 Å². The fourth-order valence-electron chi connectivity index (χ4n) is 4.86. The first-order valence-corrected chi connectivity index (χ1v) is 15.1. The van der Waals surface area contributed by atoms with E-state index in [1.165, 1.54) is 13.8 Å². The van der Waals surface area contributed by atoms with E-state index in [-0.39, 0.29) is 37.9 Å². The number of carbonyl (C=O) groups excluding carboxylic acids is 1. The van der Waals surface area contributed by atoms with E-state index in [2.05, 4.69) is 25.2 Å². The first-order valence-electron chi connectivity index (χ1n) is 15.1. The van der Waals surface area contributed by atoms with Crippen molar-refractivity contribution in [1.82, 2.24) is 29.8 Å². The molecule has 0 unspecified atom stereocenters. The molecule has 0 atom stereocenters. The number of aromatic nitrogens is 6. The van der Waals surface area contributed by atoms with Crippen LogP contribution in [0.3, 0.4) is 0 Å². The van der Waals surface area contributed by atoms with E-state index >= 15 is 0 Å². The Kier molecular flexibility index (Phi) is 11.6. The monoisotopic (exact) mass is 651 g/mol. The smallest absolute Gasteiger partial charge is 0.477 e. The summed E-state index contributed by atoms with van der Waals surface area (Å²) in [6.07, 6.45) is 1.95. The van der Waals surface area contributed by atoms with Crippen molar-refractivity contribution < 1.29 is 39.2 Å². The van der Waals surface area contributed by atoms with E-state index in [4.69, 9.17) is 9.47 Å². The summed E-state index contributed by atoms with van der Waals surface area (Å²) in [6, 6.07) is 15.1. The Morgan fingerprint density at radius 3 is 2.36 bits per heavy atom. The van der Waals surface area contributed by atoms with Crippen molar-refractivity contribution in [2.45, 2.75) is 71.8 Å². The van der Waals surface area contributed by atoms with E-state index in [0.29, 0.717) is 42.9 Å². The quantitative estimate of drug-likeness (QED) is 0.0692. The van der Waals surface area contributed by atoms with Gasteiger partial charge in [0, 0.05) is 18.5 Å². The third-order valence-corrected chi connectivity index (χ3v) is 7.03. The number of imidazole rings is 1. The van der Waals surface area contributed by atoms with Crippen molar-refractivity contribution in [3.8, 4) is 22.5 Å². The summed E-state index contributed by atoms with van der Waals surface area (Å²) in [5.41, 5.74) is 1.92. The summed E-state index contributed by atoms with van der Waals surface area (Å²) >= 11 is 0. The molecule has 2 aromatic carbocycles. The van der Waals surface area contributed by atoms with Crippen LogP contribution in [0.5, 0.6) is 0 Å². The second kappa shape index (κ2) is 15.8. The summed E-state index contributed by atoms with van der Waals surface area (Å²) in [5.74, 6) is -0.243. The number of rotatable bonds is 17. The number of ether oxygens (including phenoxy) is 2. The minimum atomic E-state index is -1.42. The Balaban J connectivity index is 1.41. The summed E-state index contributed by atoms with van der Waals surface area (Å²) < 4.78 is 11.7. The van der Waals surface area contributed by atoms with Crippen molar-refractivity contribution in [1.29, 1.82) is 0 Å². The minimum absolute atomic E-state index is 0.0146. The number of carboxylic acids is 1. The molecule has 0 fully saturated rings. The van der Waals surface area contributed by atoms with Gasteiger partial charge in [0.25, 0.3) is 5.09 Å². The summed E-state index contributed by atoms with van der Waals surface area (Å²) in [4.78, 5) is 44.1. The van der Waals surface area contributed by atoms with Crippen LogP contribution < -0.4 is 0 Å². The van der Waals surface area contributed by atoms with Gasteiger partial charge in [0.05, 0.1) is 13.2 Å². The predicted octanol–water partition coefficient (Wildman–Crippen LogP) is 4.62. The highest BCUT2D eigenvalue weighted by Gasteiger charge is 2.31. The van der Waals surface area contributed by atoms with Gasteiger partial charge < -0.3 is 29.1 Å². The number of nitrogens with zero attached hydrogens (tertiary/aromatic N) is 7. The molecule has 47 heavy (non-hydrogen) atoms. The van der Waals surface area contributed by atoms with Gasteiger partial charge in [-0.05, 0) is 61.4 Å². The molecule has 0 amide bonds. The Labute approximate surface area is 270 Å².